The lowest BCUT2D eigenvalue weighted by Gasteiger charge is -2.06. The molecule has 148 valence electrons. The maximum Gasteiger partial charge on any atom is 0.306 e. The summed E-state index contributed by atoms with van der Waals surface area (Å²) in [4.78, 5) is 48.9. The molecule has 0 unspecified atom stereocenters. The van der Waals surface area contributed by atoms with E-state index < -0.39 is 23.3 Å². The van der Waals surface area contributed by atoms with Crippen molar-refractivity contribution < 1.29 is 24.0 Å². The zero-order valence-electron chi connectivity index (χ0n) is 15.2. The number of nitrogens with one attached hydrogen (secondary N) is 2. The van der Waals surface area contributed by atoms with Crippen molar-refractivity contribution >= 4 is 39.9 Å². The summed E-state index contributed by atoms with van der Waals surface area (Å²) in [5.41, 5.74) is 1.32. The number of H-pyrrole nitrogens is 1. The largest absolute Gasteiger partial charge is 0.457 e. The number of aromatic amines is 1. The average molecular weight is 395 g/mol. The van der Waals surface area contributed by atoms with Crippen LogP contribution in [-0.4, -0.2) is 34.2 Å². The van der Waals surface area contributed by atoms with Crippen molar-refractivity contribution in [3.63, 3.8) is 0 Å². The van der Waals surface area contributed by atoms with Gasteiger partial charge in [0, 0.05) is 41.5 Å². The lowest BCUT2D eigenvalue weighted by atomic mass is 10.1. The lowest BCUT2D eigenvalue weighted by Crippen LogP contribution is -2.17. The minimum atomic E-state index is -0.709. The van der Waals surface area contributed by atoms with Crippen LogP contribution in [0.15, 0.2) is 54.7 Å². The Morgan fingerprint density at radius 1 is 1.07 bits per heavy atom. The summed E-state index contributed by atoms with van der Waals surface area (Å²) in [6, 6.07) is 12.5. The van der Waals surface area contributed by atoms with Crippen molar-refractivity contribution in [3.05, 3.63) is 70.4 Å². The predicted molar refractivity (Wildman–Crippen MR) is 105 cm³/mol. The molecule has 0 aliphatic rings. The number of hydrogen-bond donors (Lipinski definition) is 2. The smallest absolute Gasteiger partial charge is 0.306 e. The van der Waals surface area contributed by atoms with Gasteiger partial charge in [-0.15, -0.1) is 0 Å². The summed E-state index contributed by atoms with van der Waals surface area (Å²) < 4.78 is 4.86. The number of rotatable bonds is 8. The first kappa shape index (κ1) is 19.7. The second-order valence-electron chi connectivity index (χ2n) is 6.22. The Bertz CT molecular complexity index is 1090. The molecule has 0 spiro atoms. The number of anilines is 1. The Morgan fingerprint density at radius 3 is 2.69 bits per heavy atom. The number of aromatic nitrogens is 1. The Balaban J connectivity index is 1.44. The molecule has 9 heteroatoms. The number of hydrogen-bond acceptors (Lipinski definition) is 6. The third kappa shape index (κ3) is 5.25. The Kier molecular flexibility index (Phi) is 5.98. The number of carbonyl (C=O) groups is 3. The van der Waals surface area contributed by atoms with Gasteiger partial charge in [-0.05, 0) is 23.6 Å². The first-order chi connectivity index (χ1) is 13.9. The Hall–Kier alpha value is -4.01. The number of carbonyl (C=O) groups excluding carboxylic acids is 3. The summed E-state index contributed by atoms with van der Waals surface area (Å²) in [5.74, 6) is -1.64. The topological polar surface area (TPSA) is 131 Å². The maximum atomic E-state index is 12.0. The Morgan fingerprint density at radius 2 is 1.90 bits per heavy atom. The summed E-state index contributed by atoms with van der Waals surface area (Å²) in [7, 11) is 0. The fourth-order valence-corrected chi connectivity index (χ4v) is 2.66. The van der Waals surface area contributed by atoms with Gasteiger partial charge in [-0.25, -0.2) is 0 Å². The molecule has 0 saturated heterocycles. The molecule has 2 aromatic carbocycles. The van der Waals surface area contributed by atoms with Gasteiger partial charge in [0.1, 0.15) is 0 Å². The van der Waals surface area contributed by atoms with E-state index in [0.29, 0.717) is 5.69 Å². The molecule has 0 atom stereocenters. The SMILES string of the molecule is O=C(CCC(=O)OCC(=O)c1cccc([N+](=O)[O-])c1)Nc1ccc2cc[nH]c2c1. The quantitative estimate of drug-likeness (QED) is 0.260. The van der Waals surface area contributed by atoms with Crippen LogP contribution in [0.4, 0.5) is 11.4 Å². The number of ketones is 1. The summed E-state index contributed by atoms with van der Waals surface area (Å²) in [6.45, 7) is -0.550. The van der Waals surface area contributed by atoms with E-state index >= 15 is 0 Å². The van der Waals surface area contributed by atoms with Crippen LogP contribution in [0.1, 0.15) is 23.2 Å². The van der Waals surface area contributed by atoms with Gasteiger partial charge < -0.3 is 15.0 Å². The molecule has 9 nitrogen and oxygen atoms in total. The normalized spacial score (nSPS) is 10.5. The molecule has 1 aromatic heterocycles. The molecule has 3 aromatic rings. The van der Waals surface area contributed by atoms with Gasteiger partial charge in [-0.2, -0.15) is 0 Å². The van der Waals surface area contributed by atoms with Gasteiger partial charge in [0.25, 0.3) is 5.69 Å². The number of amides is 1. The van der Waals surface area contributed by atoms with Gasteiger partial charge >= 0.3 is 5.97 Å². The van der Waals surface area contributed by atoms with Gasteiger partial charge in [0.05, 0.1) is 11.3 Å². The van der Waals surface area contributed by atoms with Crippen molar-refractivity contribution in [1.29, 1.82) is 0 Å². The van der Waals surface area contributed by atoms with E-state index in [1.807, 2.05) is 12.1 Å². The van der Waals surface area contributed by atoms with Crippen molar-refractivity contribution in [1.82, 2.24) is 4.98 Å². The van der Waals surface area contributed by atoms with Gasteiger partial charge in [0.15, 0.2) is 6.61 Å². The molecule has 2 N–H and O–H groups in total. The van der Waals surface area contributed by atoms with Crippen LogP contribution >= 0.6 is 0 Å². The molecule has 29 heavy (non-hydrogen) atoms. The first-order valence-corrected chi connectivity index (χ1v) is 8.72. The molecule has 3 rings (SSSR count). The lowest BCUT2D eigenvalue weighted by molar-refractivity contribution is -0.384. The number of benzene rings is 2. The molecular weight excluding hydrogens is 378 g/mol. The number of nitro groups is 1. The van der Waals surface area contributed by atoms with Gasteiger partial charge in [-0.1, -0.05) is 18.2 Å². The highest BCUT2D eigenvalue weighted by Gasteiger charge is 2.14. The minimum absolute atomic E-state index is 0.0736. The van der Waals surface area contributed by atoms with Crippen LogP contribution in [0, 0.1) is 10.1 Å². The molecule has 0 aliphatic carbocycles. The third-order valence-electron chi connectivity index (χ3n) is 4.14. The fraction of sp³-hybridized carbons (Fsp3) is 0.150. The highest BCUT2D eigenvalue weighted by molar-refractivity contribution is 5.99. The second kappa shape index (κ2) is 8.79. The van der Waals surface area contributed by atoms with Crippen molar-refractivity contribution in [3.8, 4) is 0 Å². The summed E-state index contributed by atoms with van der Waals surface area (Å²) >= 11 is 0. The molecule has 1 amide bonds. The fourth-order valence-electron chi connectivity index (χ4n) is 2.66. The number of esters is 1. The number of nitro benzene ring substituents is 1. The summed E-state index contributed by atoms with van der Waals surface area (Å²) in [6.07, 6.45) is 1.49. The second-order valence-corrected chi connectivity index (χ2v) is 6.22. The molecular formula is C20H17N3O6. The average Bonchev–Trinajstić information content (AvgIpc) is 3.18. The summed E-state index contributed by atoms with van der Waals surface area (Å²) in [5, 5.41) is 14.4. The maximum absolute atomic E-state index is 12.0. The van der Waals surface area contributed by atoms with E-state index in [1.165, 1.54) is 18.2 Å². The number of Topliss-reactive ketones (excluding diaryl/α,β-unsaturated/α-hetero) is 1. The van der Waals surface area contributed by atoms with Crippen LogP contribution in [0.25, 0.3) is 10.9 Å². The third-order valence-corrected chi connectivity index (χ3v) is 4.14. The highest BCUT2D eigenvalue weighted by atomic mass is 16.6. The van der Waals surface area contributed by atoms with E-state index in [-0.39, 0.29) is 30.0 Å². The molecule has 1 heterocycles. The van der Waals surface area contributed by atoms with E-state index in [2.05, 4.69) is 10.3 Å². The van der Waals surface area contributed by atoms with Crippen molar-refractivity contribution in [2.75, 3.05) is 11.9 Å². The monoisotopic (exact) mass is 395 g/mol. The van der Waals surface area contributed by atoms with Crippen LogP contribution in [0.5, 0.6) is 0 Å². The van der Waals surface area contributed by atoms with Crippen molar-refractivity contribution in [2.24, 2.45) is 0 Å². The first-order valence-electron chi connectivity index (χ1n) is 8.72. The molecule has 0 bridgehead atoms. The van der Waals surface area contributed by atoms with E-state index in [0.717, 1.165) is 17.0 Å². The van der Waals surface area contributed by atoms with Crippen LogP contribution in [0.3, 0.4) is 0 Å². The van der Waals surface area contributed by atoms with E-state index in [4.69, 9.17) is 4.74 Å². The molecule has 0 saturated carbocycles. The van der Waals surface area contributed by atoms with E-state index in [1.54, 1.807) is 18.3 Å². The number of ether oxygens (including phenoxy) is 1. The Labute approximate surface area is 164 Å². The van der Waals surface area contributed by atoms with Gasteiger partial charge in [0.2, 0.25) is 11.7 Å². The van der Waals surface area contributed by atoms with Crippen LogP contribution in [0.2, 0.25) is 0 Å². The van der Waals surface area contributed by atoms with E-state index in [9.17, 15) is 24.5 Å². The standard InChI is InChI=1S/C20H17N3O6/c24-18(14-2-1-3-16(10-14)23(27)28)12-29-20(26)7-6-19(25)22-15-5-4-13-8-9-21-17(13)11-15/h1-5,8-11,21H,6-7,12H2,(H,22,25). The van der Waals surface area contributed by atoms with Crippen molar-refractivity contribution in [2.45, 2.75) is 12.8 Å². The zero-order chi connectivity index (χ0) is 20.8. The number of non-ortho nitro benzene ring substituents is 1. The van der Waals surface area contributed by atoms with Crippen LogP contribution in [-0.2, 0) is 14.3 Å². The van der Waals surface area contributed by atoms with Gasteiger partial charge in [-0.3, -0.25) is 24.5 Å². The number of fused-ring (bicyclic) bond motifs is 1. The predicted octanol–water partition coefficient (Wildman–Crippen LogP) is 3.22. The zero-order valence-corrected chi connectivity index (χ0v) is 15.2. The highest BCUT2D eigenvalue weighted by Crippen LogP contribution is 2.18. The molecule has 0 radical (unpaired) electrons. The minimum Gasteiger partial charge on any atom is -0.457 e. The van der Waals surface area contributed by atoms with Crippen LogP contribution < -0.4 is 5.32 Å². The molecule has 0 aliphatic heterocycles. The molecule has 0 fully saturated rings. The number of nitrogens with zero attached hydrogens (tertiary/aromatic N) is 1.